The monoisotopic (exact) mass is 473 g/mol. The lowest BCUT2D eigenvalue weighted by molar-refractivity contribution is 0.197. The molecule has 182 valence electrons. The van der Waals surface area contributed by atoms with Crippen molar-refractivity contribution >= 4 is 27.6 Å². The number of rotatable bonds is 6. The lowest BCUT2D eigenvalue weighted by Gasteiger charge is -2.36. The predicted molar refractivity (Wildman–Crippen MR) is 139 cm³/mol. The molecule has 4 aromatic rings. The number of anilines is 1. The first kappa shape index (κ1) is 23.2. The fourth-order valence-electron chi connectivity index (χ4n) is 4.65. The molecule has 0 unspecified atom stereocenters. The molecule has 1 aliphatic rings. The number of hydrogen-bond donors (Lipinski definition) is 0. The zero-order valence-corrected chi connectivity index (χ0v) is 20.8. The summed E-state index contributed by atoms with van der Waals surface area (Å²) in [6.45, 7) is 11.0. The van der Waals surface area contributed by atoms with Gasteiger partial charge in [0, 0.05) is 66.5 Å². The first-order valence-corrected chi connectivity index (χ1v) is 12.0. The fourth-order valence-corrected chi connectivity index (χ4v) is 4.65. The molecule has 2 aromatic carbocycles. The highest BCUT2D eigenvalue weighted by Gasteiger charge is 2.18. The molecule has 0 aliphatic carbocycles. The van der Waals surface area contributed by atoms with Gasteiger partial charge in [-0.2, -0.15) is 0 Å². The van der Waals surface area contributed by atoms with Gasteiger partial charge in [-0.1, -0.05) is 6.07 Å². The second kappa shape index (κ2) is 9.58. The average Bonchev–Trinajstić information content (AvgIpc) is 2.87. The Morgan fingerprint density at radius 1 is 0.943 bits per heavy atom. The third-order valence-corrected chi connectivity index (χ3v) is 6.96. The third kappa shape index (κ3) is 4.68. The topological polar surface area (TPSA) is 68.0 Å². The van der Waals surface area contributed by atoms with Crippen molar-refractivity contribution in [1.29, 1.82) is 0 Å². The number of fused-ring (bicyclic) bond motifs is 2. The van der Waals surface area contributed by atoms with Gasteiger partial charge in [-0.25, -0.2) is 4.79 Å². The molecule has 7 nitrogen and oxygen atoms in total. The molecule has 0 atom stereocenters. The number of pyridine rings is 1. The van der Waals surface area contributed by atoms with Crippen molar-refractivity contribution in [2.45, 2.75) is 20.8 Å². The van der Waals surface area contributed by atoms with Gasteiger partial charge < -0.3 is 18.8 Å². The van der Waals surface area contributed by atoms with Gasteiger partial charge in [0.2, 0.25) is 0 Å². The fraction of sp³-hybridized carbons (Fsp3) is 0.357. The van der Waals surface area contributed by atoms with E-state index < -0.39 is 0 Å². The summed E-state index contributed by atoms with van der Waals surface area (Å²) in [5, 5.41) is 2.05. The number of aryl methyl sites for hydroxylation is 2. The molecule has 3 heterocycles. The van der Waals surface area contributed by atoms with Gasteiger partial charge in [0.1, 0.15) is 12.2 Å². The van der Waals surface area contributed by atoms with Crippen LogP contribution in [0.25, 0.3) is 21.9 Å². The van der Waals surface area contributed by atoms with Gasteiger partial charge in [-0.15, -0.1) is 0 Å². The summed E-state index contributed by atoms with van der Waals surface area (Å²) < 4.78 is 17.1. The summed E-state index contributed by atoms with van der Waals surface area (Å²) in [6, 6.07) is 14.4. The largest absolute Gasteiger partial charge is 0.493 e. The average molecular weight is 474 g/mol. The zero-order valence-electron chi connectivity index (χ0n) is 20.8. The van der Waals surface area contributed by atoms with Crippen molar-refractivity contribution in [2.24, 2.45) is 0 Å². The minimum atomic E-state index is -0.319. The zero-order chi connectivity index (χ0) is 24.5. The van der Waals surface area contributed by atoms with Crippen LogP contribution in [0, 0.1) is 20.8 Å². The van der Waals surface area contributed by atoms with Crippen LogP contribution < -0.4 is 20.0 Å². The van der Waals surface area contributed by atoms with E-state index in [4.69, 9.17) is 13.9 Å². The van der Waals surface area contributed by atoms with E-state index >= 15 is 0 Å². The normalized spacial score (nSPS) is 14.6. The molecule has 1 aliphatic heterocycles. The number of aromatic nitrogens is 1. The van der Waals surface area contributed by atoms with E-state index in [1.807, 2.05) is 19.9 Å². The quantitative estimate of drug-likeness (QED) is 0.383. The van der Waals surface area contributed by atoms with E-state index in [9.17, 15) is 4.79 Å². The lowest BCUT2D eigenvalue weighted by Crippen LogP contribution is -2.47. The van der Waals surface area contributed by atoms with Gasteiger partial charge in [0.05, 0.1) is 12.6 Å². The minimum Gasteiger partial charge on any atom is -0.493 e. The lowest BCUT2D eigenvalue weighted by atomic mass is 10.1. The standard InChI is InChI=1S/C28H31N3O4/c1-18-5-6-21-15-22(7-8-24(21)29-18)31-11-9-30(10-12-31)13-14-34-27-16-23-19(2)20(3)28(32)35-25(23)17-26(27)33-4/h5-8,15-17H,9-14H2,1-4H3. The van der Waals surface area contributed by atoms with Crippen LogP contribution in [-0.4, -0.2) is 56.3 Å². The highest BCUT2D eigenvalue weighted by Crippen LogP contribution is 2.34. The van der Waals surface area contributed by atoms with Gasteiger partial charge in [-0.3, -0.25) is 9.88 Å². The molecule has 0 saturated carbocycles. The van der Waals surface area contributed by atoms with Crippen molar-refractivity contribution in [3.63, 3.8) is 0 Å². The molecule has 0 amide bonds. The molecule has 2 aromatic heterocycles. The van der Waals surface area contributed by atoms with Gasteiger partial charge >= 0.3 is 5.63 Å². The van der Waals surface area contributed by atoms with E-state index in [0.29, 0.717) is 29.3 Å². The number of hydrogen-bond acceptors (Lipinski definition) is 7. The summed E-state index contributed by atoms with van der Waals surface area (Å²) in [6.07, 6.45) is 0. The van der Waals surface area contributed by atoms with Crippen LogP contribution in [0.5, 0.6) is 11.5 Å². The van der Waals surface area contributed by atoms with E-state index in [1.54, 1.807) is 20.1 Å². The summed E-state index contributed by atoms with van der Waals surface area (Å²) >= 11 is 0. The van der Waals surface area contributed by atoms with Crippen LogP contribution in [0.1, 0.15) is 16.8 Å². The maximum absolute atomic E-state index is 12.0. The first-order chi connectivity index (χ1) is 16.9. The molecule has 1 saturated heterocycles. The second-order valence-corrected chi connectivity index (χ2v) is 9.15. The second-order valence-electron chi connectivity index (χ2n) is 9.15. The van der Waals surface area contributed by atoms with E-state index in [1.165, 1.54) is 11.1 Å². The predicted octanol–water partition coefficient (Wildman–Crippen LogP) is 4.48. The summed E-state index contributed by atoms with van der Waals surface area (Å²) in [5.74, 6) is 1.23. The van der Waals surface area contributed by atoms with Crippen molar-refractivity contribution in [2.75, 3.05) is 51.3 Å². The number of methoxy groups -OCH3 is 1. The summed E-state index contributed by atoms with van der Waals surface area (Å²) in [7, 11) is 1.59. The first-order valence-electron chi connectivity index (χ1n) is 12.0. The Labute approximate surface area is 204 Å². The number of benzene rings is 2. The van der Waals surface area contributed by atoms with Crippen LogP contribution in [0.3, 0.4) is 0 Å². The molecule has 7 heteroatoms. The molecular weight excluding hydrogens is 442 g/mol. The van der Waals surface area contributed by atoms with Crippen LogP contribution in [-0.2, 0) is 0 Å². The van der Waals surface area contributed by atoms with Crippen LogP contribution in [0.4, 0.5) is 5.69 Å². The maximum atomic E-state index is 12.0. The Balaban J connectivity index is 1.20. The van der Waals surface area contributed by atoms with E-state index in [-0.39, 0.29) is 5.63 Å². The Hall–Kier alpha value is -3.58. The van der Waals surface area contributed by atoms with E-state index in [2.05, 4.69) is 45.1 Å². The van der Waals surface area contributed by atoms with Crippen molar-refractivity contribution in [3.8, 4) is 11.5 Å². The molecule has 5 rings (SSSR count). The molecule has 1 fully saturated rings. The van der Waals surface area contributed by atoms with Crippen LogP contribution >= 0.6 is 0 Å². The van der Waals surface area contributed by atoms with Crippen molar-refractivity contribution in [1.82, 2.24) is 9.88 Å². The van der Waals surface area contributed by atoms with Crippen LogP contribution in [0.15, 0.2) is 51.7 Å². The Bertz CT molecular complexity index is 1440. The highest BCUT2D eigenvalue weighted by molar-refractivity contribution is 5.85. The SMILES string of the molecule is COc1cc2oc(=O)c(C)c(C)c2cc1OCCN1CCN(c2ccc3nc(C)ccc3c2)CC1. The van der Waals surface area contributed by atoms with Crippen LogP contribution in [0.2, 0.25) is 0 Å². The molecular formula is C28H31N3O4. The van der Waals surface area contributed by atoms with Crippen molar-refractivity contribution in [3.05, 3.63) is 69.7 Å². The van der Waals surface area contributed by atoms with Gasteiger partial charge in [-0.05, 0) is 56.7 Å². The van der Waals surface area contributed by atoms with E-state index in [0.717, 1.165) is 54.9 Å². The van der Waals surface area contributed by atoms with Crippen molar-refractivity contribution < 1.29 is 13.9 Å². The number of ether oxygens (including phenoxy) is 2. The third-order valence-electron chi connectivity index (χ3n) is 6.96. The maximum Gasteiger partial charge on any atom is 0.339 e. The summed E-state index contributed by atoms with van der Waals surface area (Å²) in [4.78, 5) is 21.5. The molecule has 0 N–H and O–H groups in total. The smallest absolute Gasteiger partial charge is 0.339 e. The Kier molecular flexibility index (Phi) is 6.34. The Morgan fingerprint density at radius 2 is 1.74 bits per heavy atom. The number of nitrogens with zero attached hydrogens (tertiary/aromatic N) is 3. The van der Waals surface area contributed by atoms with Gasteiger partial charge in [0.25, 0.3) is 0 Å². The van der Waals surface area contributed by atoms with Gasteiger partial charge in [0.15, 0.2) is 11.5 Å². The number of piperazine rings is 1. The summed E-state index contributed by atoms with van der Waals surface area (Å²) in [5.41, 5.74) is 5.04. The molecule has 0 spiro atoms. The minimum absolute atomic E-state index is 0.319. The highest BCUT2D eigenvalue weighted by atomic mass is 16.5. The molecule has 0 bridgehead atoms. The Morgan fingerprint density at radius 3 is 2.51 bits per heavy atom. The molecule has 0 radical (unpaired) electrons. The molecule has 35 heavy (non-hydrogen) atoms.